The van der Waals surface area contributed by atoms with Gasteiger partial charge in [-0.15, -0.1) is 0 Å². The van der Waals surface area contributed by atoms with Crippen LogP contribution in [0.15, 0.2) is 24.3 Å². The Morgan fingerprint density at radius 2 is 1.76 bits per heavy atom. The first-order chi connectivity index (χ1) is 10.2. The van der Waals surface area contributed by atoms with Gasteiger partial charge in [-0.05, 0) is 37.5 Å². The topological polar surface area (TPSA) is 32.8 Å². The first-order valence-electron chi connectivity index (χ1n) is 7.85. The van der Waals surface area contributed by atoms with Crippen molar-refractivity contribution in [3.8, 4) is 0 Å². The minimum absolute atomic E-state index is 0.271. The van der Waals surface area contributed by atoms with E-state index in [1.54, 1.807) is 0 Å². The zero-order valence-corrected chi connectivity index (χ0v) is 12.9. The Morgan fingerprint density at radius 3 is 2.29 bits per heavy atom. The zero-order valence-electron chi connectivity index (χ0n) is 12.9. The molecule has 1 aliphatic heterocycles. The lowest BCUT2D eigenvalue weighted by Crippen LogP contribution is -2.47. The molecule has 4 nitrogen and oxygen atoms in total. The Bertz CT molecular complexity index is 488. The maximum absolute atomic E-state index is 11.5. The second kappa shape index (κ2) is 6.16. The van der Waals surface area contributed by atoms with Gasteiger partial charge in [0.15, 0.2) is 0 Å². The summed E-state index contributed by atoms with van der Waals surface area (Å²) in [5.41, 5.74) is 1.88. The standard InChI is InChI=1S/C17H24N2O2/c1-13(14-3-5-15(6-4-14)17(20)21-2)18-9-11-19(12-10-18)16-7-8-16/h3-6,13,16H,7-12H2,1-2H3/t13-/m1/s1. The van der Waals surface area contributed by atoms with Gasteiger partial charge in [-0.3, -0.25) is 9.80 Å². The van der Waals surface area contributed by atoms with Crippen molar-refractivity contribution in [1.29, 1.82) is 0 Å². The number of hydrogen-bond acceptors (Lipinski definition) is 4. The van der Waals surface area contributed by atoms with Crippen molar-refractivity contribution in [1.82, 2.24) is 9.80 Å². The summed E-state index contributed by atoms with van der Waals surface area (Å²) in [6.07, 6.45) is 2.79. The molecule has 1 aromatic rings. The molecule has 2 aliphatic rings. The van der Waals surface area contributed by atoms with Crippen LogP contribution in [0.3, 0.4) is 0 Å². The molecule has 1 atom stereocenters. The largest absolute Gasteiger partial charge is 0.465 e. The third-order valence-electron chi connectivity index (χ3n) is 4.77. The predicted molar refractivity (Wildman–Crippen MR) is 82.4 cm³/mol. The van der Waals surface area contributed by atoms with Crippen LogP contribution in [-0.2, 0) is 4.74 Å². The van der Waals surface area contributed by atoms with Crippen LogP contribution in [0.25, 0.3) is 0 Å². The molecule has 1 heterocycles. The molecule has 1 saturated heterocycles. The fourth-order valence-corrected chi connectivity index (χ4v) is 3.16. The van der Waals surface area contributed by atoms with E-state index in [0.717, 1.165) is 19.1 Å². The molecule has 4 heteroatoms. The van der Waals surface area contributed by atoms with Crippen LogP contribution in [0.5, 0.6) is 0 Å². The number of ether oxygens (including phenoxy) is 1. The number of hydrogen-bond donors (Lipinski definition) is 0. The zero-order chi connectivity index (χ0) is 14.8. The third-order valence-corrected chi connectivity index (χ3v) is 4.77. The van der Waals surface area contributed by atoms with Crippen LogP contribution < -0.4 is 0 Å². The van der Waals surface area contributed by atoms with Gasteiger partial charge < -0.3 is 4.74 Å². The van der Waals surface area contributed by atoms with Crippen LogP contribution in [0.1, 0.15) is 41.7 Å². The van der Waals surface area contributed by atoms with Crippen molar-refractivity contribution in [3.63, 3.8) is 0 Å². The highest BCUT2D eigenvalue weighted by molar-refractivity contribution is 5.89. The van der Waals surface area contributed by atoms with Crippen molar-refractivity contribution >= 4 is 5.97 Å². The highest BCUT2D eigenvalue weighted by atomic mass is 16.5. The number of piperazine rings is 1. The van der Waals surface area contributed by atoms with Gasteiger partial charge in [-0.1, -0.05) is 12.1 Å². The monoisotopic (exact) mass is 288 g/mol. The van der Waals surface area contributed by atoms with Crippen LogP contribution in [0.2, 0.25) is 0 Å². The average molecular weight is 288 g/mol. The van der Waals surface area contributed by atoms with Crippen LogP contribution in [0.4, 0.5) is 0 Å². The van der Waals surface area contributed by atoms with E-state index >= 15 is 0 Å². The number of rotatable bonds is 4. The molecule has 0 amide bonds. The highest BCUT2D eigenvalue weighted by Crippen LogP contribution is 2.29. The number of nitrogens with zero attached hydrogens (tertiary/aromatic N) is 2. The van der Waals surface area contributed by atoms with E-state index < -0.39 is 0 Å². The summed E-state index contributed by atoms with van der Waals surface area (Å²) in [6, 6.07) is 9.09. The van der Waals surface area contributed by atoms with E-state index in [2.05, 4.69) is 16.7 Å². The quantitative estimate of drug-likeness (QED) is 0.796. The maximum Gasteiger partial charge on any atom is 0.337 e. The summed E-state index contributed by atoms with van der Waals surface area (Å²) >= 11 is 0. The van der Waals surface area contributed by atoms with Crippen molar-refractivity contribution in [2.24, 2.45) is 0 Å². The molecule has 3 rings (SSSR count). The first kappa shape index (κ1) is 14.5. The van der Waals surface area contributed by atoms with Gasteiger partial charge in [0.2, 0.25) is 0 Å². The second-order valence-corrected chi connectivity index (χ2v) is 6.09. The molecule has 0 aromatic heterocycles. The Hall–Kier alpha value is -1.39. The summed E-state index contributed by atoms with van der Waals surface area (Å²) in [4.78, 5) is 16.6. The SMILES string of the molecule is COC(=O)c1ccc([C@@H](C)N2CCN(C3CC3)CC2)cc1. The fourth-order valence-electron chi connectivity index (χ4n) is 3.16. The van der Waals surface area contributed by atoms with Gasteiger partial charge in [0.25, 0.3) is 0 Å². The van der Waals surface area contributed by atoms with E-state index in [9.17, 15) is 4.79 Å². The average Bonchev–Trinajstić information content (AvgIpc) is 3.39. The Kier molecular flexibility index (Phi) is 4.27. The summed E-state index contributed by atoms with van der Waals surface area (Å²) in [5, 5.41) is 0. The van der Waals surface area contributed by atoms with Crippen molar-refractivity contribution in [3.05, 3.63) is 35.4 Å². The van der Waals surface area contributed by atoms with E-state index in [-0.39, 0.29) is 5.97 Å². The summed E-state index contributed by atoms with van der Waals surface area (Å²) in [6.45, 7) is 6.90. The molecule has 0 spiro atoms. The number of methoxy groups -OCH3 is 1. The molecule has 1 aliphatic carbocycles. The maximum atomic E-state index is 11.5. The Labute approximate surface area is 126 Å². The molecular formula is C17H24N2O2. The number of esters is 1. The Morgan fingerprint density at radius 1 is 1.14 bits per heavy atom. The van der Waals surface area contributed by atoms with Crippen LogP contribution in [0, 0.1) is 0 Å². The molecule has 0 N–H and O–H groups in total. The molecule has 1 aromatic carbocycles. The summed E-state index contributed by atoms with van der Waals surface area (Å²) < 4.78 is 4.74. The van der Waals surface area contributed by atoms with Gasteiger partial charge in [-0.25, -0.2) is 4.79 Å². The van der Waals surface area contributed by atoms with Gasteiger partial charge in [0, 0.05) is 38.3 Å². The molecule has 1 saturated carbocycles. The normalized spacial score (nSPS) is 22.0. The van der Waals surface area contributed by atoms with E-state index in [0.29, 0.717) is 11.6 Å². The minimum atomic E-state index is -0.271. The van der Waals surface area contributed by atoms with Crippen LogP contribution >= 0.6 is 0 Å². The lowest BCUT2D eigenvalue weighted by molar-refractivity contribution is 0.0600. The number of carbonyl (C=O) groups is 1. The van der Waals surface area contributed by atoms with Crippen LogP contribution in [-0.4, -0.2) is 55.1 Å². The third kappa shape index (κ3) is 3.27. The molecule has 0 unspecified atom stereocenters. The molecule has 0 bridgehead atoms. The number of benzene rings is 1. The molecule has 0 radical (unpaired) electrons. The van der Waals surface area contributed by atoms with Crippen molar-refractivity contribution in [2.45, 2.75) is 31.8 Å². The highest BCUT2D eigenvalue weighted by Gasteiger charge is 2.32. The van der Waals surface area contributed by atoms with Gasteiger partial charge in [0.1, 0.15) is 0 Å². The lowest BCUT2D eigenvalue weighted by atomic mass is 10.0. The number of carbonyl (C=O) groups excluding carboxylic acids is 1. The summed E-state index contributed by atoms with van der Waals surface area (Å²) in [5.74, 6) is -0.271. The molecular weight excluding hydrogens is 264 g/mol. The summed E-state index contributed by atoms with van der Waals surface area (Å²) in [7, 11) is 1.41. The van der Waals surface area contributed by atoms with Gasteiger partial charge in [-0.2, -0.15) is 0 Å². The minimum Gasteiger partial charge on any atom is -0.465 e. The first-order valence-corrected chi connectivity index (χ1v) is 7.85. The smallest absolute Gasteiger partial charge is 0.337 e. The van der Waals surface area contributed by atoms with E-state index in [4.69, 9.17) is 4.74 Å². The van der Waals surface area contributed by atoms with E-state index in [1.807, 2.05) is 24.3 Å². The van der Waals surface area contributed by atoms with Crippen molar-refractivity contribution in [2.75, 3.05) is 33.3 Å². The lowest BCUT2D eigenvalue weighted by Gasteiger charge is -2.38. The van der Waals surface area contributed by atoms with Crippen molar-refractivity contribution < 1.29 is 9.53 Å². The molecule has 2 fully saturated rings. The molecule has 21 heavy (non-hydrogen) atoms. The second-order valence-electron chi connectivity index (χ2n) is 6.09. The predicted octanol–water partition coefficient (Wildman–Crippen LogP) is 2.31. The molecule has 114 valence electrons. The fraction of sp³-hybridized carbons (Fsp3) is 0.588. The van der Waals surface area contributed by atoms with E-state index in [1.165, 1.54) is 38.6 Å². The van der Waals surface area contributed by atoms with Gasteiger partial charge >= 0.3 is 5.97 Å². The Balaban J connectivity index is 1.59. The van der Waals surface area contributed by atoms with Gasteiger partial charge in [0.05, 0.1) is 12.7 Å².